The highest BCUT2D eigenvalue weighted by molar-refractivity contribution is 6.03. The van der Waals surface area contributed by atoms with Crippen LogP contribution in [0.3, 0.4) is 0 Å². The van der Waals surface area contributed by atoms with Crippen LogP contribution in [0.4, 0.5) is 0 Å². The van der Waals surface area contributed by atoms with Crippen LogP contribution in [-0.2, 0) is 9.59 Å². The fourth-order valence-corrected chi connectivity index (χ4v) is 4.42. The summed E-state index contributed by atoms with van der Waals surface area (Å²) in [4.78, 5) is 37.1. The van der Waals surface area contributed by atoms with E-state index in [0.717, 1.165) is 38.5 Å². The molecular formula is C30H56N12O2+4. The van der Waals surface area contributed by atoms with E-state index in [4.69, 9.17) is 34.4 Å². The normalized spacial score (nSPS) is 19.7. The van der Waals surface area contributed by atoms with Crippen LogP contribution < -0.4 is 65.0 Å². The van der Waals surface area contributed by atoms with E-state index in [2.05, 4.69) is 56.6 Å². The summed E-state index contributed by atoms with van der Waals surface area (Å²) in [6.45, 7) is 10.3. The maximum Gasteiger partial charge on any atom is 0.348 e. The molecule has 0 heterocycles. The smallest absolute Gasteiger partial charge is 0.291 e. The van der Waals surface area contributed by atoms with E-state index in [9.17, 15) is 9.59 Å². The highest BCUT2D eigenvalue weighted by Gasteiger charge is 2.32. The molecule has 2 amide bonds. The Morgan fingerprint density at radius 1 is 0.818 bits per heavy atom. The van der Waals surface area contributed by atoms with Gasteiger partial charge in [-0.3, -0.25) is 64.0 Å². The molecule has 0 aromatic carbocycles. The molecule has 1 aliphatic rings. The van der Waals surface area contributed by atoms with Crippen LogP contribution in [0.1, 0.15) is 66.2 Å². The largest absolute Gasteiger partial charge is 0.348 e. The third-order valence-corrected chi connectivity index (χ3v) is 7.25. The lowest BCUT2D eigenvalue weighted by atomic mass is 9.68. The van der Waals surface area contributed by atoms with Gasteiger partial charge in [0.25, 0.3) is 0 Å². The van der Waals surface area contributed by atoms with Gasteiger partial charge in [-0.25, -0.2) is 10.6 Å². The Kier molecular flexibility index (Phi) is 16.6. The molecule has 0 aliphatic heterocycles. The van der Waals surface area contributed by atoms with Gasteiger partial charge >= 0.3 is 35.7 Å². The summed E-state index contributed by atoms with van der Waals surface area (Å²) in [6.07, 6.45) is 15.1. The average molecular weight is 617 g/mol. The zero-order valence-electron chi connectivity index (χ0n) is 26.8. The van der Waals surface area contributed by atoms with Crippen molar-refractivity contribution in [1.29, 1.82) is 0 Å². The number of amides is 2. The molecule has 2 atom stereocenters. The Balaban J connectivity index is 2.79. The standard InChI is InChI=1S/C30H52N12O2/c1-20-11-13-30(4,12-9-10-21(2)24(43)41-28(35)39-16-7-5-14-37-26(31)32)23(18-20)19-22(3)25(44)42-29(36)40-17-8-6-15-38-27(33)34/h9-10,12,18-19,23H,5-8,11,13-17H2,1-4H3,(H4,31,32,37)(H4,33,34,38)(H3,35,39,41,43)(H3,36,40,42,44)/p+4/b12-9+,21-10+,22-19+/t23-,30-/m0/s1. The Labute approximate surface area is 261 Å². The van der Waals surface area contributed by atoms with Gasteiger partial charge in [0.2, 0.25) is 0 Å². The minimum atomic E-state index is -0.293. The van der Waals surface area contributed by atoms with Crippen LogP contribution in [0, 0.1) is 11.3 Å². The number of allylic oxidation sites excluding steroid dienone is 6. The molecule has 0 radical (unpaired) electrons. The number of nitrogens with two attached hydrogens (primary N) is 6. The lowest BCUT2D eigenvalue weighted by Gasteiger charge is -2.36. The molecule has 0 aromatic heterocycles. The molecule has 0 fully saturated rings. The maximum absolute atomic E-state index is 12.8. The summed E-state index contributed by atoms with van der Waals surface area (Å²) in [7, 11) is 0. The molecule has 0 saturated carbocycles. The molecular weight excluding hydrogens is 560 g/mol. The first-order chi connectivity index (χ1) is 20.7. The lowest BCUT2D eigenvalue weighted by molar-refractivity contribution is -0.473. The Morgan fingerprint density at radius 3 is 1.75 bits per heavy atom. The number of guanidine groups is 4. The second-order valence-electron chi connectivity index (χ2n) is 11.4. The molecule has 14 heteroatoms. The highest BCUT2D eigenvalue weighted by Crippen LogP contribution is 2.42. The summed E-state index contributed by atoms with van der Waals surface area (Å²) in [6, 6.07) is 0. The van der Waals surface area contributed by atoms with Gasteiger partial charge in [-0.05, 0) is 64.7 Å². The van der Waals surface area contributed by atoms with Gasteiger partial charge < -0.3 is 0 Å². The summed E-state index contributed by atoms with van der Waals surface area (Å²) in [5.74, 6) is 0.211. The molecule has 244 valence electrons. The molecule has 14 nitrogen and oxygen atoms in total. The molecule has 44 heavy (non-hydrogen) atoms. The van der Waals surface area contributed by atoms with Crippen molar-refractivity contribution in [2.24, 2.45) is 45.7 Å². The fourth-order valence-electron chi connectivity index (χ4n) is 4.42. The second-order valence-corrected chi connectivity index (χ2v) is 11.4. The minimum Gasteiger partial charge on any atom is -0.291 e. The van der Waals surface area contributed by atoms with Crippen molar-refractivity contribution in [2.45, 2.75) is 66.2 Å². The maximum atomic E-state index is 12.8. The van der Waals surface area contributed by atoms with Gasteiger partial charge in [0, 0.05) is 17.1 Å². The lowest BCUT2D eigenvalue weighted by Crippen LogP contribution is -2.80. The number of hydrogen-bond acceptors (Lipinski definition) is 2. The molecule has 1 aliphatic carbocycles. The zero-order valence-corrected chi connectivity index (χ0v) is 26.8. The van der Waals surface area contributed by atoms with Crippen LogP contribution >= 0.6 is 0 Å². The first-order valence-electron chi connectivity index (χ1n) is 15.0. The molecule has 0 unspecified atom stereocenters. The third kappa shape index (κ3) is 15.6. The highest BCUT2D eigenvalue weighted by atomic mass is 16.2. The van der Waals surface area contributed by atoms with E-state index in [1.54, 1.807) is 19.9 Å². The van der Waals surface area contributed by atoms with E-state index in [0.29, 0.717) is 37.3 Å². The topological polar surface area (TPSA) is 270 Å². The summed E-state index contributed by atoms with van der Waals surface area (Å²) < 4.78 is 0. The minimum absolute atomic E-state index is 0.0168. The van der Waals surface area contributed by atoms with Crippen LogP contribution in [-0.4, -0.2) is 61.8 Å². The van der Waals surface area contributed by atoms with Crippen molar-refractivity contribution in [3.63, 3.8) is 0 Å². The van der Waals surface area contributed by atoms with E-state index >= 15 is 0 Å². The number of unbranched alkanes of at least 4 members (excludes halogenated alkanes) is 2. The second kappa shape index (κ2) is 19.5. The van der Waals surface area contributed by atoms with Gasteiger partial charge in [0.15, 0.2) is 0 Å². The molecule has 1 rings (SSSR count). The van der Waals surface area contributed by atoms with E-state index < -0.39 is 0 Å². The van der Waals surface area contributed by atoms with Crippen LogP contribution in [0.2, 0.25) is 0 Å². The van der Waals surface area contributed by atoms with Gasteiger partial charge in [-0.15, -0.1) is 0 Å². The summed E-state index contributed by atoms with van der Waals surface area (Å²) in [5.41, 5.74) is 35.5. The predicted octanol–water partition coefficient (Wildman–Crippen LogP) is -6.91. The molecule has 18 N–H and O–H groups in total. The van der Waals surface area contributed by atoms with E-state index in [-0.39, 0.29) is 47.0 Å². The molecule has 0 bridgehead atoms. The van der Waals surface area contributed by atoms with Crippen molar-refractivity contribution < 1.29 is 29.6 Å². The summed E-state index contributed by atoms with van der Waals surface area (Å²) >= 11 is 0. The number of carbonyl (C=O) groups is 2. The molecule has 0 aromatic rings. The van der Waals surface area contributed by atoms with Crippen LogP contribution in [0.25, 0.3) is 0 Å². The predicted molar refractivity (Wildman–Crippen MR) is 174 cm³/mol. The van der Waals surface area contributed by atoms with E-state index in [1.807, 2.05) is 12.2 Å². The first-order valence-corrected chi connectivity index (χ1v) is 15.0. The zero-order chi connectivity index (χ0) is 33.1. The van der Waals surface area contributed by atoms with Crippen molar-refractivity contribution in [3.05, 3.63) is 47.1 Å². The summed E-state index contributed by atoms with van der Waals surface area (Å²) in [5, 5.41) is 5.39. The van der Waals surface area contributed by atoms with E-state index in [1.165, 1.54) is 5.57 Å². The fraction of sp³-hybridized carbons (Fsp3) is 0.533. The Bertz CT molecular complexity index is 1220. The van der Waals surface area contributed by atoms with Gasteiger partial charge in [0.1, 0.15) is 0 Å². The third-order valence-electron chi connectivity index (χ3n) is 7.25. The Morgan fingerprint density at radius 2 is 1.27 bits per heavy atom. The average Bonchev–Trinajstić information content (AvgIpc) is 2.94. The SMILES string of the molecule is CC1=C[C@@H](/C=C(\C)C(=O)NC(N)=[NH+]CCCC[NH+]=C(N)N)[C@@](C)(/C=C/C=C(\C)C(=O)NC(N)=[NH+]CCCC[NH+]=C(N)N)CC1. The van der Waals surface area contributed by atoms with Crippen LogP contribution in [0.5, 0.6) is 0 Å². The number of nitrogens with one attached hydrogen (secondary N) is 6. The Hall–Kier alpha value is -4.62. The quantitative estimate of drug-likeness (QED) is 0.0209. The first kappa shape index (κ1) is 37.4. The van der Waals surface area contributed by atoms with Crippen molar-refractivity contribution in [1.82, 2.24) is 10.6 Å². The molecule has 0 spiro atoms. The van der Waals surface area contributed by atoms with Gasteiger partial charge in [0.05, 0.1) is 26.2 Å². The van der Waals surface area contributed by atoms with Crippen molar-refractivity contribution >= 4 is 35.7 Å². The van der Waals surface area contributed by atoms with Crippen LogP contribution in [0.15, 0.2) is 47.1 Å². The number of rotatable bonds is 15. The molecule has 0 saturated heterocycles. The number of carbonyl (C=O) groups excluding carboxylic acids is 2. The van der Waals surface area contributed by atoms with Gasteiger partial charge in [-0.2, -0.15) is 0 Å². The monoisotopic (exact) mass is 616 g/mol. The van der Waals surface area contributed by atoms with Crippen molar-refractivity contribution in [3.8, 4) is 0 Å². The number of hydrogen-bond donors (Lipinski definition) is 12. The van der Waals surface area contributed by atoms with Crippen molar-refractivity contribution in [2.75, 3.05) is 26.2 Å². The van der Waals surface area contributed by atoms with Gasteiger partial charge in [-0.1, -0.05) is 42.9 Å².